The van der Waals surface area contributed by atoms with E-state index < -0.39 is 0 Å². The largest absolute Gasteiger partial charge is 0.496 e. The number of methoxy groups -OCH3 is 2. The number of nitrogens with one attached hydrogen (secondary N) is 2. The van der Waals surface area contributed by atoms with Crippen molar-refractivity contribution in [3.8, 4) is 22.8 Å². The van der Waals surface area contributed by atoms with E-state index in [1.807, 2.05) is 25.3 Å². The van der Waals surface area contributed by atoms with E-state index in [0.717, 1.165) is 50.4 Å². The standard InChI is InChI=1S/C29H34ClN9O3/c1-19-23(41-2)13-24(42-3)27(30)28(19)37-29-21(15-31-17-35-29)22-12-26(34-18-33-22)36-25-5-4-20(14-32-25)16-39-8-6-38(7-9-39)10-11-40/h4-5,12-15,17-18,40H,6-11,16H2,1-3H3,(H,31,35,37)(H,32,33,34,36). The number of aliphatic hydroxyl groups is 1. The molecule has 1 aliphatic rings. The summed E-state index contributed by atoms with van der Waals surface area (Å²) in [5, 5.41) is 16.1. The summed E-state index contributed by atoms with van der Waals surface area (Å²) in [5.74, 6) is 2.86. The van der Waals surface area contributed by atoms with E-state index in [1.54, 1.807) is 26.5 Å². The minimum atomic E-state index is 0.205. The third-order valence-corrected chi connectivity index (χ3v) is 7.52. The third-order valence-electron chi connectivity index (χ3n) is 7.15. The Hall–Kier alpha value is -4.10. The molecule has 220 valence electrons. The summed E-state index contributed by atoms with van der Waals surface area (Å²) in [7, 11) is 3.15. The second-order valence-corrected chi connectivity index (χ2v) is 10.2. The number of halogens is 1. The van der Waals surface area contributed by atoms with Crippen molar-refractivity contribution in [1.82, 2.24) is 34.7 Å². The second kappa shape index (κ2) is 13.7. The first-order valence-corrected chi connectivity index (χ1v) is 13.9. The van der Waals surface area contributed by atoms with E-state index in [-0.39, 0.29) is 6.61 Å². The third kappa shape index (κ3) is 6.85. The number of aliphatic hydroxyl groups excluding tert-OH is 1. The van der Waals surface area contributed by atoms with Crippen LogP contribution in [0, 0.1) is 6.92 Å². The molecule has 1 aliphatic heterocycles. The van der Waals surface area contributed by atoms with Crippen molar-refractivity contribution in [2.24, 2.45) is 0 Å². The van der Waals surface area contributed by atoms with Gasteiger partial charge in [0, 0.05) is 69.4 Å². The lowest BCUT2D eigenvalue weighted by Gasteiger charge is -2.34. The predicted octanol–water partition coefficient (Wildman–Crippen LogP) is 3.90. The number of β-amino-alcohol motifs (C(OH)–C–C–N with tert-alkyl or cyclic N) is 1. The zero-order chi connectivity index (χ0) is 29.5. The minimum Gasteiger partial charge on any atom is -0.496 e. The molecule has 12 nitrogen and oxygen atoms in total. The Labute approximate surface area is 249 Å². The summed E-state index contributed by atoms with van der Waals surface area (Å²) in [6, 6.07) is 7.57. The summed E-state index contributed by atoms with van der Waals surface area (Å²) >= 11 is 6.65. The normalized spacial score (nSPS) is 14.0. The quantitative estimate of drug-likeness (QED) is 0.233. The van der Waals surface area contributed by atoms with Gasteiger partial charge in [-0.15, -0.1) is 0 Å². The van der Waals surface area contributed by atoms with Gasteiger partial charge >= 0.3 is 0 Å². The number of anilines is 4. The van der Waals surface area contributed by atoms with Crippen molar-refractivity contribution in [2.75, 3.05) is 64.2 Å². The molecule has 3 aromatic heterocycles. The number of benzene rings is 1. The van der Waals surface area contributed by atoms with Crippen LogP contribution in [0.25, 0.3) is 11.3 Å². The summed E-state index contributed by atoms with van der Waals surface area (Å²) in [6.07, 6.45) is 6.49. The first kappa shape index (κ1) is 29.4. The van der Waals surface area contributed by atoms with Crippen molar-refractivity contribution >= 4 is 34.7 Å². The highest BCUT2D eigenvalue weighted by Crippen LogP contribution is 2.42. The fraction of sp³-hybridized carbons (Fsp3) is 0.345. The molecular weight excluding hydrogens is 558 g/mol. The van der Waals surface area contributed by atoms with Gasteiger partial charge in [-0.3, -0.25) is 9.80 Å². The van der Waals surface area contributed by atoms with Crippen molar-refractivity contribution < 1.29 is 14.6 Å². The first-order valence-electron chi connectivity index (χ1n) is 13.6. The van der Waals surface area contributed by atoms with Gasteiger partial charge in [-0.2, -0.15) is 0 Å². The Morgan fingerprint density at radius 1 is 0.881 bits per heavy atom. The van der Waals surface area contributed by atoms with Crippen molar-refractivity contribution in [3.05, 3.63) is 65.5 Å². The number of rotatable bonds is 11. The van der Waals surface area contributed by atoms with E-state index >= 15 is 0 Å². The molecule has 13 heteroatoms. The molecule has 4 heterocycles. The number of ether oxygens (including phenoxy) is 2. The maximum Gasteiger partial charge on any atom is 0.143 e. The van der Waals surface area contributed by atoms with Gasteiger partial charge in [-0.1, -0.05) is 17.7 Å². The van der Waals surface area contributed by atoms with E-state index in [0.29, 0.717) is 50.9 Å². The Balaban J connectivity index is 1.30. The first-order chi connectivity index (χ1) is 20.5. The average molecular weight is 592 g/mol. The lowest BCUT2D eigenvalue weighted by atomic mass is 10.1. The molecule has 1 fully saturated rings. The summed E-state index contributed by atoms with van der Waals surface area (Å²) in [4.78, 5) is 26.8. The van der Waals surface area contributed by atoms with Gasteiger partial charge in [-0.05, 0) is 18.6 Å². The van der Waals surface area contributed by atoms with Crippen LogP contribution in [-0.2, 0) is 6.54 Å². The lowest BCUT2D eigenvalue weighted by molar-refractivity contribution is 0.108. The van der Waals surface area contributed by atoms with Crippen LogP contribution < -0.4 is 20.1 Å². The molecule has 0 radical (unpaired) electrons. The van der Waals surface area contributed by atoms with Crippen LogP contribution in [0.4, 0.5) is 23.1 Å². The fourth-order valence-electron chi connectivity index (χ4n) is 4.81. The van der Waals surface area contributed by atoms with E-state index in [2.05, 4.69) is 51.4 Å². The SMILES string of the molecule is COc1cc(OC)c(Cl)c(Nc2ncncc2-c2cc(Nc3ccc(CN4CCN(CCO)CC4)cn3)ncn2)c1C. The van der Waals surface area contributed by atoms with Crippen LogP contribution >= 0.6 is 11.6 Å². The molecule has 0 unspecified atom stereocenters. The predicted molar refractivity (Wildman–Crippen MR) is 162 cm³/mol. The van der Waals surface area contributed by atoms with Gasteiger partial charge in [0.05, 0.1) is 37.8 Å². The molecule has 3 N–H and O–H groups in total. The van der Waals surface area contributed by atoms with Crippen LogP contribution in [-0.4, -0.2) is 93.4 Å². The van der Waals surface area contributed by atoms with E-state index in [9.17, 15) is 0 Å². The Morgan fingerprint density at radius 2 is 1.67 bits per heavy atom. The van der Waals surface area contributed by atoms with Crippen molar-refractivity contribution in [2.45, 2.75) is 13.5 Å². The molecule has 0 atom stereocenters. The Bertz CT molecular complexity index is 1470. The number of hydrogen-bond donors (Lipinski definition) is 3. The lowest BCUT2D eigenvalue weighted by Crippen LogP contribution is -2.46. The summed E-state index contributed by atoms with van der Waals surface area (Å²) in [6.45, 7) is 7.56. The molecule has 1 aromatic carbocycles. The maximum atomic E-state index is 9.14. The number of pyridine rings is 1. The average Bonchev–Trinajstić information content (AvgIpc) is 3.02. The topological polar surface area (TPSA) is 134 Å². The van der Waals surface area contributed by atoms with Gasteiger partial charge in [-0.25, -0.2) is 24.9 Å². The summed E-state index contributed by atoms with van der Waals surface area (Å²) in [5.41, 5.74) is 3.81. The Morgan fingerprint density at radius 3 is 2.38 bits per heavy atom. The Kier molecular flexibility index (Phi) is 9.59. The summed E-state index contributed by atoms with van der Waals surface area (Å²) < 4.78 is 10.9. The van der Waals surface area contributed by atoms with Gasteiger partial charge < -0.3 is 25.2 Å². The maximum absolute atomic E-state index is 9.14. The van der Waals surface area contributed by atoms with Gasteiger partial charge in [0.1, 0.15) is 46.6 Å². The van der Waals surface area contributed by atoms with Crippen LogP contribution in [0.1, 0.15) is 11.1 Å². The number of piperazine rings is 1. The van der Waals surface area contributed by atoms with Crippen LogP contribution in [0.5, 0.6) is 11.5 Å². The highest BCUT2D eigenvalue weighted by Gasteiger charge is 2.19. The number of aromatic nitrogens is 5. The number of hydrogen-bond acceptors (Lipinski definition) is 12. The smallest absolute Gasteiger partial charge is 0.143 e. The minimum absolute atomic E-state index is 0.205. The molecule has 0 spiro atoms. The van der Waals surface area contributed by atoms with Crippen LogP contribution in [0.2, 0.25) is 5.02 Å². The molecule has 1 saturated heterocycles. The monoisotopic (exact) mass is 591 g/mol. The molecule has 0 amide bonds. The zero-order valence-corrected chi connectivity index (χ0v) is 24.6. The molecule has 5 rings (SSSR count). The second-order valence-electron chi connectivity index (χ2n) is 9.81. The van der Waals surface area contributed by atoms with Gasteiger partial charge in [0.15, 0.2) is 0 Å². The molecular formula is C29H34ClN9O3. The highest BCUT2D eigenvalue weighted by atomic mass is 35.5. The van der Waals surface area contributed by atoms with Crippen molar-refractivity contribution in [3.63, 3.8) is 0 Å². The zero-order valence-electron chi connectivity index (χ0n) is 23.8. The molecule has 4 aromatic rings. The van der Waals surface area contributed by atoms with Crippen LogP contribution in [0.3, 0.4) is 0 Å². The molecule has 0 bridgehead atoms. The van der Waals surface area contributed by atoms with Crippen LogP contribution in [0.15, 0.2) is 49.3 Å². The van der Waals surface area contributed by atoms with Gasteiger partial charge in [0.25, 0.3) is 0 Å². The van der Waals surface area contributed by atoms with E-state index in [4.69, 9.17) is 26.2 Å². The number of nitrogens with zero attached hydrogens (tertiary/aromatic N) is 7. The molecule has 0 aliphatic carbocycles. The van der Waals surface area contributed by atoms with E-state index in [1.165, 1.54) is 12.7 Å². The van der Waals surface area contributed by atoms with Gasteiger partial charge in [0.2, 0.25) is 0 Å². The highest BCUT2D eigenvalue weighted by molar-refractivity contribution is 6.35. The molecule has 0 saturated carbocycles. The molecule has 42 heavy (non-hydrogen) atoms. The van der Waals surface area contributed by atoms with Crippen molar-refractivity contribution in [1.29, 1.82) is 0 Å². The fourth-order valence-corrected chi connectivity index (χ4v) is 5.13.